The number of carbonyl (C=O) groups is 3. The molecule has 0 saturated carbocycles. The molecule has 0 fully saturated rings. The SMILES string of the molecule is CC(C)C(NC(=O)c1ccco1)C(=O)N(C)CCC(=O)O. The number of hydrogen-bond acceptors (Lipinski definition) is 4. The normalized spacial score (nSPS) is 12.0. The quantitative estimate of drug-likeness (QED) is 0.781. The van der Waals surface area contributed by atoms with Crippen LogP contribution in [0.5, 0.6) is 0 Å². The molecule has 0 spiro atoms. The average Bonchev–Trinajstić information content (AvgIpc) is 2.94. The first kappa shape index (κ1) is 16.7. The molecule has 0 aliphatic carbocycles. The smallest absolute Gasteiger partial charge is 0.305 e. The third kappa shape index (κ3) is 4.94. The molecule has 2 amide bonds. The first-order chi connectivity index (χ1) is 9.82. The fourth-order valence-electron chi connectivity index (χ4n) is 1.74. The minimum atomic E-state index is -0.977. The summed E-state index contributed by atoms with van der Waals surface area (Å²) in [5.74, 6) is -1.79. The summed E-state index contributed by atoms with van der Waals surface area (Å²) in [6.45, 7) is 3.69. The summed E-state index contributed by atoms with van der Waals surface area (Å²) in [6.07, 6.45) is 1.24. The zero-order valence-corrected chi connectivity index (χ0v) is 12.3. The van der Waals surface area contributed by atoms with Crippen molar-refractivity contribution in [1.29, 1.82) is 0 Å². The van der Waals surface area contributed by atoms with E-state index in [1.165, 1.54) is 24.3 Å². The molecule has 1 rings (SSSR count). The van der Waals surface area contributed by atoms with Crippen LogP contribution in [-0.4, -0.2) is 47.4 Å². The van der Waals surface area contributed by atoms with Crippen LogP contribution >= 0.6 is 0 Å². The lowest BCUT2D eigenvalue weighted by atomic mass is 10.0. The third-order valence-electron chi connectivity index (χ3n) is 3.00. The number of rotatable bonds is 7. The molecule has 0 saturated heterocycles. The van der Waals surface area contributed by atoms with Crippen molar-refractivity contribution < 1.29 is 23.9 Å². The van der Waals surface area contributed by atoms with Crippen molar-refractivity contribution in [3.8, 4) is 0 Å². The number of nitrogens with one attached hydrogen (secondary N) is 1. The number of hydrogen-bond donors (Lipinski definition) is 2. The minimum Gasteiger partial charge on any atom is -0.481 e. The molecule has 0 aromatic carbocycles. The zero-order chi connectivity index (χ0) is 16.0. The Morgan fingerprint density at radius 3 is 2.52 bits per heavy atom. The van der Waals surface area contributed by atoms with E-state index in [0.29, 0.717) is 0 Å². The number of nitrogens with zero attached hydrogens (tertiary/aromatic N) is 1. The molecule has 0 radical (unpaired) electrons. The Bertz CT molecular complexity index is 495. The topological polar surface area (TPSA) is 99.9 Å². The van der Waals surface area contributed by atoms with Gasteiger partial charge >= 0.3 is 5.97 Å². The lowest BCUT2D eigenvalue weighted by Crippen LogP contribution is -2.50. The molecule has 1 heterocycles. The maximum atomic E-state index is 12.3. The second-order valence-corrected chi connectivity index (χ2v) is 5.08. The predicted octanol–water partition coefficient (Wildman–Crippen LogP) is 0.967. The molecule has 2 N–H and O–H groups in total. The second kappa shape index (κ2) is 7.47. The summed E-state index contributed by atoms with van der Waals surface area (Å²) < 4.78 is 4.98. The van der Waals surface area contributed by atoms with E-state index >= 15 is 0 Å². The van der Waals surface area contributed by atoms with Crippen molar-refractivity contribution in [2.75, 3.05) is 13.6 Å². The van der Waals surface area contributed by atoms with Crippen molar-refractivity contribution in [2.24, 2.45) is 5.92 Å². The summed E-state index contributed by atoms with van der Waals surface area (Å²) in [5, 5.41) is 11.3. The van der Waals surface area contributed by atoms with Gasteiger partial charge in [0.05, 0.1) is 12.7 Å². The first-order valence-corrected chi connectivity index (χ1v) is 6.64. The standard InChI is InChI=1S/C14H20N2O5/c1-9(2)12(14(20)16(3)7-6-11(17)18)15-13(19)10-5-4-8-21-10/h4-5,8-9,12H,6-7H2,1-3H3,(H,15,19)(H,17,18). The van der Waals surface area contributed by atoms with Crippen molar-refractivity contribution in [3.63, 3.8) is 0 Å². The summed E-state index contributed by atoms with van der Waals surface area (Å²) >= 11 is 0. The number of furan rings is 1. The molecule has 1 atom stereocenters. The molecule has 7 nitrogen and oxygen atoms in total. The Balaban J connectivity index is 2.70. The van der Waals surface area contributed by atoms with Gasteiger partial charge in [-0.3, -0.25) is 14.4 Å². The molecule has 1 unspecified atom stereocenters. The van der Waals surface area contributed by atoms with Gasteiger partial charge in [-0.15, -0.1) is 0 Å². The zero-order valence-electron chi connectivity index (χ0n) is 12.3. The molecule has 0 aliphatic heterocycles. The molecule has 0 bridgehead atoms. The van der Waals surface area contributed by atoms with E-state index in [0.717, 1.165) is 0 Å². The van der Waals surface area contributed by atoms with E-state index in [1.807, 2.05) is 0 Å². The number of aliphatic carboxylic acids is 1. The van der Waals surface area contributed by atoms with Crippen LogP contribution in [0.1, 0.15) is 30.8 Å². The lowest BCUT2D eigenvalue weighted by molar-refractivity contribution is -0.138. The minimum absolute atomic E-state index is 0.0913. The van der Waals surface area contributed by atoms with E-state index in [4.69, 9.17) is 9.52 Å². The van der Waals surface area contributed by atoms with Crippen LogP contribution in [0.3, 0.4) is 0 Å². The van der Waals surface area contributed by atoms with Crippen molar-refractivity contribution in [2.45, 2.75) is 26.3 Å². The van der Waals surface area contributed by atoms with Gasteiger partial charge in [-0.1, -0.05) is 13.8 Å². The van der Waals surface area contributed by atoms with Gasteiger partial charge in [0.2, 0.25) is 5.91 Å². The fraction of sp³-hybridized carbons (Fsp3) is 0.500. The number of carboxylic acids is 1. The van der Waals surface area contributed by atoms with Crippen LogP contribution in [0.25, 0.3) is 0 Å². The highest BCUT2D eigenvalue weighted by molar-refractivity contribution is 5.95. The molecule has 0 aliphatic rings. The molecular formula is C14H20N2O5. The van der Waals surface area contributed by atoms with Crippen LogP contribution in [-0.2, 0) is 9.59 Å². The summed E-state index contributed by atoms with van der Waals surface area (Å²) in [7, 11) is 1.51. The molecule has 1 aromatic heterocycles. The molecule has 1 aromatic rings. The van der Waals surface area contributed by atoms with Gasteiger partial charge in [-0.25, -0.2) is 0 Å². The maximum absolute atomic E-state index is 12.3. The average molecular weight is 296 g/mol. The largest absolute Gasteiger partial charge is 0.481 e. The highest BCUT2D eigenvalue weighted by Crippen LogP contribution is 2.08. The van der Waals surface area contributed by atoms with Crippen LogP contribution in [0.15, 0.2) is 22.8 Å². The number of amides is 2. The second-order valence-electron chi connectivity index (χ2n) is 5.08. The Morgan fingerprint density at radius 2 is 2.05 bits per heavy atom. The lowest BCUT2D eigenvalue weighted by Gasteiger charge is -2.26. The molecule has 21 heavy (non-hydrogen) atoms. The van der Waals surface area contributed by atoms with Gasteiger partial charge in [0.1, 0.15) is 6.04 Å². The fourth-order valence-corrected chi connectivity index (χ4v) is 1.74. The van der Waals surface area contributed by atoms with Crippen molar-refractivity contribution in [1.82, 2.24) is 10.2 Å². The Hall–Kier alpha value is -2.31. The van der Waals surface area contributed by atoms with Gasteiger partial charge in [-0.2, -0.15) is 0 Å². The van der Waals surface area contributed by atoms with Gasteiger partial charge in [0.15, 0.2) is 5.76 Å². The van der Waals surface area contributed by atoms with E-state index < -0.39 is 17.9 Å². The van der Waals surface area contributed by atoms with E-state index in [-0.39, 0.29) is 30.6 Å². The highest BCUT2D eigenvalue weighted by Gasteiger charge is 2.28. The van der Waals surface area contributed by atoms with E-state index in [9.17, 15) is 14.4 Å². The number of likely N-dealkylation sites (N-methyl/N-ethyl adjacent to an activating group) is 1. The van der Waals surface area contributed by atoms with Crippen LogP contribution < -0.4 is 5.32 Å². The monoisotopic (exact) mass is 296 g/mol. The predicted molar refractivity (Wildman–Crippen MR) is 74.7 cm³/mol. The number of carboxylic acid groups (broad SMARTS) is 1. The van der Waals surface area contributed by atoms with Crippen LogP contribution in [0.2, 0.25) is 0 Å². The van der Waals surface area contributed by atoms with Crippen LogP contribution in [0, 0.1) is 5.92 Å². The summed E-state index contributed by atoms with van der Waals surface area (Å²) in [5.41, 5.74) is 0. The Morgan fingerprint density at radius 1 is 1.38 bits per heavy atom. The van der Waals surface area contributed by atoms with Crippen molar-refractivity contribution in [3.05, 3.63) is 24.2 Å². The number of carbonyl (C=O) groups excluding carboxylic acids is 2. The molecular weight excluding hydrogens is 276 g/mol. The summed E-state index contributed by atoms with van der Waals surface area (Å²) in [6, 6.07) is 2.35. The highest BCUT2D eigenvalue weighted by atomic mass is 16.4. The maximum Gasteiger partial charge on any atom is 0.305 e. The van der Waals surface area contributed by atoms with E-state index in [1.54, 1.807) is 19.9 Å². The van der Waals surface area contributed by atoms with Gasteiger partial charge < -0.3 is 19.7 Å². The van der Waals surface area contributed by atoms with Crippen molar-refractivity contribution >= 4 is 17.8 Å². The van der Waals surface area contributed by atoms with Gasteiger partial charge in [0.25, 0.3) is 5.91 Å². The molecule has 7 heteroatoms. The van der Waals surface area contributed by atoms with Gasteiger partial charge in [-0.05, 0) is 18.1 Å². The van der Waals surface area contributed by atoms with Crippen LogP contribution in [0.4, 0.5) is 0 Å². The Kier molecular flexibility index (Phi) is 5.95. The summed E-state index contributed by atoms with van der Waals surface area (Å²) in [4.78, 5) is 36.1. The molecule has 116 valence electrons. The van der Waals surface area contributed by atoms with Gasteiger partial charge in [0, 0.05) is 13.6 Å². The van der Waals surface area contributed by atoms with E-state index in [2.05, 4.69) is 5.32 Å². The third-order valence-corrected chi connectivity index (χ3v) is 3.00. The first-order valence-electron chi connectivity index (χ1n) is 6.64. The Labute approximate surface area is 122 Å².